The van der Waals surface area contributed by atoms with Crippen LogP contribution in [0.15, 0.2) is 0 Å². The van der Waals surface area contributed by atoms with Crippen molar-refractivity contribution in [3.63, 3.8) is 0 Å². The molecule has 0 bridgehead atoms. The van der Waals surface area contributed by atoms with E-state index in [4.69, 9.17) is 4.74 Å². The normalized spacial score (nSPS) is 13.6. The Bertz CT molecular complexity index is 617. The van der Waals surface area contributed by atoms with Crippen LogP contribution in [0.4, 0.5) is 5.00 Å². The predicted octanol–water partition coefficient (Wildman–Crippen LogP) is 2.28. The molecule has 1 aliphatic rings. The van der Waals surface area contributed by atoms with E-state index >= 15 is 0 Å². The molecular weight excluding hydrogens is 304 g/mol. The van der Waals surface area contributed by atoms with Crippen LogP contribution in [0, 0.1) is 12.8 Å². The molecule has 1 aliphatic carbocycles. The summed E-state index contributed by atoms with van der Waals surface area (Å²) in [6.07, 6.45) is 1.74. The second kappa shape index (κ2) is 6.48. The van der Waals surface area contributed by atoms with Gasteiger partial charge in [-0.25, -0.2) is 4.79 Å². The number of hydrogen-bond donors (Lipinski definition) is 1. The summed E-state index contributed by atoms with van der Waals surface area (Å²) in [5.74, 6) is -0.791. The van der Waals surface area contributed by atoms with Crippen LogP contribution in [0.5, 0.6) is 0 Å². The number of nitrogens with one attached hydrogen (secondary N) is 1. The van der Waals surface area contributed by atoms with Crippen LogP contribution in [-0.4, -0.2) is 43.4 Å². The zero-order chi connectivity index (χ0) is 16.4. The number of hydrogen-bond acceptors (Lipinski definition) is 5. The average molecular weight is 324 g/mol. The molecule has 6 nitrogen and oxygen atoms in total. The fourth-order valence-corrected chi connectivity index (χ4v) is 3.24. The van der Waals surface area contributed by atoms with E-state index in [9.17, 15) is 14.4 Å². The fraction of sp³-hybridized carbons (Fsp3) is 0.533. The molecule has 1 heterocycles. The highest BCUT2D eigenvalue weighted by Gasteiger charge is 2.33. The number of thiophene rings is 1. The maximum atomic E-state index is 12.2. The van der Waals surface area contributed by atoms with Crippen LogP contribution in [0.25, 0.3) is 0 Å². The molecule has 120 valence electrons. The first-order chi connectivity index (χ1) is 10.4. The summed E-state index contributed by atoms with van der Waals surface area (Å²) >= 11 is 1.13. The Hall–Kier alpha value is -1.89. The van der Waals surface area contributed by atoms with Crippen molar-refractivity contribution in [3.05, 3.63) is 16.0 Å². The molecule has 0 atom stereocenters. The Morgan fingerprint density at radius 3 is 2.45 bits per heavy atom. The van der Waals surface area contributed by atoms with Gasteiger partial charge < -0.3 is 15.0 Å². The summed E-state index contributed by atoms with van der Waals surface area (Å²) in [6.45, 7) is 3.65. The second-order valence-corrected chi connectivity index (χ2v) is 6.46. The number of rotatable bonds is 5. The highest BCUT2D eigenvalue weighted by atomic mass is 32.1. The first-order valence-corrected chi connectivity index (χ1v) is 8.01. The molecule has 1 fully saturated rings. The third kappa shape index (κ3) is 3.30. The summed E-state index contributed by atoms with van der Waals surface area (Å²) in [5.41, 5.74) is 0.833. The number of anilines is 1. The summed E-state index contributed by atoms with van der Waals surface area (Å²) in [4.78, 5) is 38.3. The summed E-state index contributed by atoms with van der Waals surface area (Å²) < 4.78 is 5.05. The highest BCUT2D eigenvalue weighted by Crippen LogP contribution is 2.37. The lowest BCUT2D eigenvalue weighted by atomic mass is 10.1. The first kappa shape index (κ1) is 16.5. The van der Waals surface area contributed by atoms with Crippen LogP contribution in [0.2, 0.25) is 0 Å². The van der Waals surface area contributed by atoms with Crippen molar-refractivity contribution < 1.29 is 19.1 Å². The van der Waals surface area contributed by atoms with E-state index in [1.54, 1.807) is 27.9 Å². The lowest BCUT2D eigenvalue weighted by Gasteiger charge is -2.09. The quantitative estimate of drug-likeness (QED) is 0.843. The molecule has 0 spiro atoms. The van der Waals surface area contributed by atoms with Gasteiger partial charge in [0, 0.05) is 20.0 Å². The lowest BCUT2D eigenvalue weighted by molar-refractivity contribution is -0.117. The minimum Gasteiger partial charge on any atom is -0.462 e. The van der Waals surface area contributed by atoms with Crippen LogP contribution in [0.1, 0.15) is 45.4 Å². The molecule has 0 radical (unpaired) electrons. The topological polar surface area (TPSA) is 75.7 Å². The summed E-state index contributed by atoms with van der Waals surface area (Å²) in [5, 5.41) is 3.18. The molecular formula is C15H20N2O4S. The van der Waals surface area contributed by atoms with E-state index in [0.29, 0.717) is 15.4 Å². The maximum Gasteiger partial charge on any atom is 0.341 e. The van der Waals surface area contributed by atoms with Gasteiger partial charge in [-0.1, -0.05) is 0 Å². The smallest absolute Gasteiger partial charge is 0.341 e. The minimum absolute atomic E-state index is 0.0189. The van der Waals surface area contributed by atoms with Gasteiger partial charge in [0.2, 0.25) is 5.91 Å². The molecule has 1 aromatic heterocycles. The van der Waals surface area contributed by atoms with Gasteiger partial charge in [0.15, 0.2) is 0 Å². The molecule has 2 rings (SSSR count). The SMILES string of the molecule is CCOC(=O)c1c(NC(=O)C2CC2)sc(C(=O)N(C)C)c1C. The third-order valence-corrected chi connectivity index (χ3v) is 4.61. The van der Waals surface area contributed by atoms with Crippen molar-refractivity contribution >= 4 is 34.1 Å². The molecule has 1 aromatic rings. The molecule has 22 heavy (non-hydrogen) atoms. The van der Waals surface area contributed by atoms with Crippen molar-refractivity contribution in [3.8, 4) is 0 Å². The number of carbonyl (C=O) groups is 3. The molecule has 2 amide bonds. The molecule has 0 unspecified atom stereocenters. The van der Waals surface area contributed by atoms with Gasteiger partial charge in [-0.15, -0.1) is 11.3 Å². The van der Waals surface area contributed by atoms with Gasteiger partial charge in [-0.3, -0.25) is 9.59 Å². The van der Waals surface area contributed by atoms with Gasteiger partial charge in [0.1, 0.15) is 5.00 Å². The van der Waals surface area contributed by atoms with E-state index in [-0.39, 0.29) is 29.9 Å². The van der Waals surface area contributed by atoms with E-state index < -0.39 is 5.97 Å². The Morgan fingerprint density at radius 2 is 1.95 bits per heavy atom. The molecule has 1 N–H and O–H groups in total. The van der Waals surface area contributed by atoms with Crippen molar-refractivity contribution in [1.82, 2.24) is 4.90 Å². The second-order valence-electron chi connectivity index (χ2n) is 5.44. The minimum atomic E-state index is -0.514. The zero-order valence-electron chi connectivity index (χ0n) is 13.2. The molecule has 7 heteroatoms. The van der Waals surface area contributed by atoms with Crippen LogP contribution in [0.3, 0.4) is 0 Å². The van der Waals surface area contributed by atoms with E-state index in [1.165, 1.54) is 4.90 Å². The largest absolute Gasteiger partial charge is 0.462 e. The van der Waals surface area contributed by atoms with Crippen molar-refractivity contribution in [2.24, 2.45) is 5.92 Å². The maximum absolute atomic E-state index is 12.2. The van der Waals surface area contributed by atoms with Crippen LogP contribution >= 0.6 is 11.3 Å². The van der Waals surface area contributed by atoms with E-state index in [1.807, 2.05) is 0 Å². The molecule has 1 saturated carbocycles. The first-order valence-electron chi connectivity index (χ1n) is 7.19. The predicted molar refractivity (Wildman–Crippen MR) is 84.4 cm³/mol. The monoisotopic (exact) mass is 324 g/mol. The van der Waals surface area contributed by atoms with Crippen molar-refractivity contribution in [2.75, 3.05) is 26.0 Å². The fourth-order valence-electron chi connectivity index (χ4n) is 2.02. The number of ether oxygens (including phenoxy) is 1. The number of esters is 1. The number of nitrogens with zero attached hydrogens (tertiary/aromatic N) is 1. The van der Waals surface area contributed by atoms with E-state index in [0.717, 1.165) is 24.2 Å². The van der Waals surface area contributed by atoms with Gasteiger partial charge in [-0.2, -0.15) is 0 Å². The lowest BCUT2D eigenvalue weighted by Crippen LogP contribution is -2.21. The van der Waals surface area contributed by atoms with E-state index in [2.05, 4.69) is 5.32 Å². The Balaban J connectivity index is 2.39. The highest BCUT2D eigenvalue weighted by molar-refractivity contribution is 7.18. The van der Waals surface area contributed by atoms with Gasteiger partial charge in [0.05, 0.1) is 17.0 Å². The summed E-state index contributed by atoms with van der Waals surface area (Å²) in [6, 6.07) is 0. The third-order valence-electron chi connectivity index (χ3n) is 3.41. The van der Waals surface area contributed by atoms with Gasteiger partial charge in [0.25, 0.3) is 5.91 Å². The Morgan fingerprint density at radius 1 is 1.32 bits per heavy atom. The number of carbonyl (C=O) groups excluding carboxylic acids is 3. The standard InChI is InChI=1S/C15H20N2O4S/c1-5-21-15(20)10-8(2)11(14(19)17(3)4)22-13(10)16-12(18)9-6-7-9/h9H,5-7H2,1-4H3,(H,16,18). The Labute approximate surface area is 133 Å². The van der Waals surface area contributed by atoms with Gasteiger partial charge in [-0.05, 0) is 32.3 Å². The van der Waals surface area contributed by atoms with Crippen molar-refractivity contribution in [1.29, 1.82) is 0 Å². The summed E-state index contributed by atoms with van der Waals surface area (Å²) in [7, 11) is 3.29. The molecule has 0 aromatic carbocycles. The Kier molecular flexibility index (Phi) is 4.85. The van der Waals surface area contributed by atoms with Crippen LogP contribution in [-0.2, 0) is 9.53 Å². The average Bonchev–Trinajstić information content (AvgIpc) is 3.24. The molecule has 0 aliphatic heterocycles. The van der Waals surface area contributed by atoms with Gasteiger partial charge >= 0.3 is 5.97 Å². The number of amides is 2. The van der Waals surface area contributed by atoms with Crippen LogP contribution < -0.4 is 5.32 Å². The zero-order valence-corrected chi connectivity index (χ0v) is 14.0. The van der Waals surface area contributed by atoms with Crippen molar-refractivity contribution in [2.45, 2.75) is 26.7 Å². The molecule has 0 saturated heterocycles.